The first kappa shape index (κ1) is 8.81. The number of rotatable bonds is 1. The Kier molecular flexibility index (Phi) is 5.23. The van der Waals surface area contributed by atoms with E-state index in [1.54, 1.807) is 7.11 Å². The Balaban J connectivity index is 0.000000371. The van der Waals surface area contributed by atoms with E-state index in [9.17, 15) is 0 Å². The minimum Gasteiger partial charge on any atom is -0.360 e. The second-order valence-corrected chi connectivity index (χ2v) is 1.19. The normalized spacial score (nSPS) is 7.50. The van der Waals surface area contributed by atoms with E-state index in [0.717, 1.165) is 0 Å². The van der Waals surface area contributed by atoms with Crippen molar-refractivity contribution in [2.75, 3.05) is 7.11 Å². The van der Waals surface area contributed by atoms with E-state index in [1.165, 1.54) is 23.7 Å². The van der Waals surface area contributed by atoms with Gasteiger partial charge in [0.15, 0.2) is 0 Å². The first-order chi connectivity index (χ1) is 4.93. The van der Waals surface area contributed by atoms with Gasteiger partial charge in [0.1, 0.15) is 7.11 Å². The summed E-state index contributed by atoms with van der Waals surface area (Å²) in [5.74, 6) is 0. The smallest absolute Gasteiger partial charge is 0.267 e. The molecule has 0 N–H and O–H groups in total. The average molecular weight is 142 g/mol. The lowest BCUT2D eigenvalue weighted by atomic mass is 11.0. The molecule has 0 spiro atoms. The summed E-state index contributed by atoms with van der Waals surface area (Å²) in [6.07, 6.45) is 4.48. The molecule has 0 amide bonds. The van der Waals surface area contributed by atoms with Crippen LogP contribution in [0.5, 0.6) is 0 Å². The molecule has 0 aliphatic heterocycles. The van der Waals surface area contributed by atoms with Crippen LogP contribution in [-0.2, 0) is 0 Å². The Hall–Kier alpha value is -1.19. The lowest BCUT2D eigenvalue weighted by Gasteiger charge is -1.88. The minimum atomic E-state index is 1.40. The Morgan fingerprint density at radius 1 is 1.20 bits per heavy atom. The van der Waals surface area contributed by atoms with Crippen LogP contribution >= 0.6 is 0 Å². The average Bonchev–Trinajstić information content (AvgIpc) is 2.10. The van der Waals surface area contributed by atoms with Gasteiger partial charge in [-0.15, -0.1) is 0 Å². The molecule has 1 aromatic heterocycles. The van der Waals surface area contributed by atoms with Crippen molar-refractivity contribution < 1.29 is 9.57 Å². The van der Waals surface area contributed by atoms with Gasteiger partial charge in [-0.2, -0.15) is 0 Å². The molecule has 0 aliphatic carbocycles. The second kappa shape index (κ2) is 5.94. The van der Waals surface area contributed by atoms with E-state index >= 15 is 0 Å². The molecule has 0 saturated carbocycles. The summed E-state index contributed by atoms with van der Waals surface area (Å²) in [6, 6.07) is 0. The molecular weight excluding hydrogens is 130 g/mol. The van der Waals surface area contributed by atoms with Crippen LogP contribution in [0.3, 0.4) is 0 Å². The fourth-order valence-corrected chi connectivity index (χ4v) is 0.354. The zero-order chi connectivity index (χ0) is 7.82. The topological polar surface area (TPSA) is 38.9 Å². The third-order valence-corrected chi connectivity index (χ3v) is 0.705. The number of aromatic nitrogens is 3. The van der Waals surface area contributed by atoms with Gasteiger partial charge in [0, 0.05) is 0 Å². The highest BCUT2D eigenvalue weighted by atomic mass is 16.6. The molecule has 0 unspecified atom stereocenters. The maximum atomic E-state index is 4.71. The Bertz CT molecular complexity index is 154. The second-order valence-electron chi connectivity index (χ2n) is 1.19. The fourth-order valence-electron chi connectivity index (χ4n) is 0.354. The molecule has 0 bridgehead atoms. The summed E-state index contributed by atoms with van der Waals surface area (Å²) in [6.45, 7) is 4.00. The maximum Gasteiger partial charge on any atom is 0.267 e. The highest BCUT2D eigenvalue weighted by Crippen LogP contribution is 1.56. The van der Waals surface area contributed by atoms with Crippen molar-refractivity contribution in [2.24, 2.45) is 0 Å². The lowest BCUT2D eigenvalue weighted by molar-refractivity contribution is -0.889. The highest BCUT2D eigenvalue weighted by molar-refractivity contribution is 4.40. The molecule has 4 nitrogen and oxygen atoms in total. The molecule has 56 valence electrons. The van der Waals surface area contributed by atoms with Crippen LogP contribution in [0.15, 0.2) is 19.0 Å². The van der Waals surface area contributed by atoms with Crippen LogP contribution in [0, 0.1) is 0 Å². The predicted octanol–water partition coefficient (Wildman–Crippen LogP) is -0.151. The first-order valence-corrected chi connectivity index (χ1v) is 3.14. The van der Waals surface area contributed by atoms with Crippen molar-refractivity contribution >= 4 is 0 Å². The van der Waals surface area contributed by atoms with Gasteiger partial charge >= 0.3 is 0 Å². The molecule has 10 heavy (non-hydrogen) atoms. The van der Waals surface area contributed by atoms with Gasteiger partial charge in [0.25, 0.3) is 19.0 Å². The van der Waals surface area contributed by atoms with E-state index in [2.05, 4.69) is 9.97 Å². The molecule has 0 aromatic carbocycles. The number of nitrogens with zero attached hydrogens (tertiary/aromatic N) is 3. The molecule has 0 fully saturated rings. The fraction of sp³-hybridized carbons (Fsp3) is 0.500. The summed E-state index contributed by atoms with van der Waals surface area (Å²) in [5.41, 5.74) is 0. The van der Waals surface area contributed by atoms with E-state index in [1.807, 2.05) is 13.8 Å². The molecule has 1 rings (SSSR count). The SMILES string of the molecule is CC.CO[n+]1cncnc1. The third kappa shape index (κ3) is 2.96. The van der Waals surface area contributed by atoms with Crippen molar-refractivity contribution in [3.63, 3.8) is 0 Å². The molecule has 0 atom stereocenters. The number of hydrogen-bond donors (Lipinski definition) is 0. The van der Waals surface area contributed by atoms with E-state index in [-0.39, 0.29) is 0 Å². The highest BCUT2D eigenvalue weighted by Gasteiger charge is 1.87. The van der Waals surface area contributed by atoms with E-state index in [0.29, 0.717) is 0 Å². The molecule has 1 aromatic rings. The molecule has 0 saturated heterocycles. The largest absolute Gasteiger partial charge is 0.360 e. The van der Waals surface area contributed by atoms with Gasteiger partial charge in [0.2, 0.25) is 0 Å². The van der Waals surface area contributed by atoms with Crippen LogP contribution in [0.25, 0.3) is 0 Å². The minimum absolute atomic E-state index is 1.40. The van der Waals surface area contributed by atoms with Gasteiger partial charge in [0.05, 0.1) is 0 Å². The standard InChI is InChI=1S/C4H6N3O.C2H6/c1-8-7-3-5-2-6-4-7;1-2/h2-4H,1H3;1-2H3/q+1;. The lowest BCUT2D eigenvalue weighted by Crippen LogP contribution is -2.40. The zero-order valence-electron chi connectivity index (χ0n) is 6.48. The Morgan fingerprint density at radius 3 is 2.00 bits per heavy atom. The Morgan fingerprint density at radius 2 is 1.70 bits per heavy atom. The van der Waals surface area contributed by atoms with E-state index in [4.69, 9.17) is 4.84 Å². The van der Waals surface area contributed by atoms with Crippen molar-refractivity contribution in [1.82, 2.24) is 9.97 Å². The summed E-state index contributed by atoms with van der Waals surface area (Å²) in [7, 11) is 1.54. The van der Waals surface area contributed by atoms with Gasteiger partial charge in [-0.25, -0.2) is 0 Å². The predicted molar refractivity (Wildman–Crippen MR) is 36.1 cm³/mol. The Labute approximate surface area is 60.5 Å². The van der Waals surface area contributed by atoms with Gasteiger partial charge in [-0.1, -0.05) is 28.5 Å². The summed E-state index contributed by atoms with van der Waals surface area (Å²) in [4.78, 5) is 12.1. The van der Waals surface area contributed by atoms with Crippen LogP contribution in [-0.4, -0.2) is 17.1 Å². The van der Waals surface area contributed by atoms with Crippen molar-refractivity contribution in [2.45, 2.75) is 13.8 Å². The monoisotopic (exact) mass is 142 g/mol. The van der Waals surface area contributed by atoms with Crippen molar-refractivity contribution in [1.29, 1.82) is 0 Å². The molecule has 4 heteroatoms. The summed E-state index contributed by atoms with van der Waals surface area (Å²) in [5, 5.41) is 0. The van der Waals surface area contributed by atoms with Gasteiger partial charge in [-0.3, -0.25) is 0 Å². The van der Waals surface area contributed by atoms with Gasteiger partial charge in [-0.05, 0) is 0 Å². The molecule has 1 heterocycles. The van der Waals surface area contributed by atoms with Crippen LogP contribution < -0.4 is 9.57 Å². The van der Waals surface area contributed by atoms with E-state index < -0.39 is 0 Å². The zero-order valence-corrected chi connectivity index (χ0v) is 6.48. The van der Waals surface area contributed by atoms with Gasteiger partial charge < -0.3 is 4.84 Å². The summed E-state index contributed by atoms with van der Waals surface area (Å²) < 4.78 is 1.40. The molecular formula is C6H12N3O+. The quantitative estimate of drug-likeness (QED) is 0.512. The van der Waals surface area contributed by atoms with Crippen LogP contribution in [0.4, 0.5) is 0 Å². The number of hydrogen-bond acceptors (Lipinski definition) is 3. The molecule has 0 aliphatic rings. The van der Waals surface area contributed by atoms with Crippen molar-refractivity contribution in [3.05, 3.63) is 19.0 Å². The maximum absolute atomic E-state index is 4.71. The third-order valence-electron chi connectivity index (χ3n) is 0.705. The van der Waals surface area contributed by atoms with Crippen molar-refractivity contribution in [3.8, 4) is 0 Å². The summed E-state index contributed by atoms with van der Waals surface area (Å²) >= 11 is 0. The molecule has 0 radical (unpaired) electrons. The van der Waals surface area contributed by atoms with Crippen LogP contribution in [0.2, 0.25) is 0 Å². The van der Waals surface area contributed by atoms with Crippen LogP contribution in [0.1, 0.15) is 13.8 Å². The first-order valence-electron chi connectivity index (χ1n) is 3.14.